The summed E-state index contributed by atoms with van der Waals surface area (Å²) in [6.07, 6.45) is 6.08. The van der Waals surface area contributed by atoms with E-state index in [-0.39, 0.29) is 11.9 Å². The lowest BCUT2D eigenvalue weighted by atomic mass is 10.1. The summed E-state index contributed by atoms with van der Waals surface area (Å²) in [6.45, 7) is 7.18. The molecule has 6 heteroatoms. The number of likely N-dealkylation sites (tertiary alicyclic amines) is 1. The number of hydrogen-bond acceptors (Lipinski definition) is 3. The Labute approximate surface area is 163 Å². The van der Waals surface area contributed by atoms with Crippen LogP contribution in [0.4, 0.5) is 0 Å². The molecule has 6 nitrogen and oxygen atoms in total. The minimum absolute atomic E-state index is 0.0288. The van der Waals surface area contributed by atoms with Crippen molar-refractivity contribution < 1.29 is 9.53 Å². The fourth-order valence-corrected chi connectivity index (χ4v) is 3.25. The molecule has 0 aromatic heterocycles. The van der Waals surface area contributed by atoms with Gasteiger partial charge in [0.05, 0.1) is 12.6 Å². The molecule has 0 bridgehead atoms. The highest BCUT2D eigenvalue weighted by Gasteiger charge is 2.11. The third kappa shape index (κ3) is 7.49. The van der Waals surface area contributed by atoms with Crippen LogP contribution < -0.4 is 15.8 Å². The van der Waals surface area contributed by atoms with Gasteiger partial charge in [0.25, 0.3) is 0 Å². The van der Waals surface area contributed by atoms with E-state index in [1.54, 1.807) is 0 Å². The zero-order chi connectivity index (χ0) is 19.5. The summed E-state index contributed by atoms with van der Waals surface area (Å²) >= 11 is 0. The van der Waals surface area contributed by atoms with E-state index >= 15 is 0 Å². The Hall–Kier alpha value is -2.24. The molecule has 1 fully saturated rings. The molecule has 2 rings (SSSR count). The SMILES string of the molecule is CCOc1ccc(C(C)NC(=O)CCCN=C(N)N2CCCCCC2)cc1. The van der Waals surface area contributed by atoms with Crippen LogP contribution in [0.1, 0.15) is 64.0 Å². The van der Waals surface area contributed by atoms with Crippen molar-refractivity contribution in [2.45, 2.75) is 58.4 Å². The Morgan fingerprint density at radius 3 is 2.52 bits per heavy atom. The molecule has 0 saturated carbocycles. The van der Waals surface area contributed by atoms with Crippen LogP contribution in [0.2, 0.25) is 0 Å². The van der Waals surface area contributed by atoms with Crippen LogP contribution in [0.3, 0.4) is 0 Å². The molecule has 0 aliphatic carbocycles. The van der Waals surface area contributed by atoms with Crippen LogP contribution in [-0.2, 0) is 4.79 Å². The number of carbonyl (C=O) groups is 1. The predicted molar refractivity (Wildman–Crippen MR) is 110 cm³/mol. The van der Waals surface area contributed by atoms with Crippen molar-refractivity contribution in [3.8, 4) is 5.75 Å². The first-order valence-electron chi connectivity index (χ1n) is 10.2. The molecule has 27 heavy (non-hydrogen) atoms. The number of carbonyl (C=O) groups excluding carboxylic acids is 1. The zero-order valence-corrected chi connectivity index (χ0v) is 16.7. The lowest BCUT2D eigenvalue weighted by Gasteiger charge is -2.21. The molecule has 3 N–H and O–H groups in total. The first-order chi connectivity index (χ1) is 13.1. The standard InChI is InChI=1S/C21H34N4O2/c1-3-27-19-12-10-18(11-13-19)17(2)24-20(26)9-8-14-23-21(22)25-15-6-4-5-7-16-25/h10-13,17H,3-9,14-16H2,1-2H3,(H2,22,23)(H,24,26). The average Bonchev–Trinajstić information content (AvgIpc) is 2.95. The Morgan fingerprint density at radius 1 is 1.22 bits per heavy atom. The van der Waals surface area contributed by atoms with Gasteiger partial charge in [-0.25, -0.2) is 0 Å². The van der Waals surface area contributed by atoms with Crippen LogP contribution in [0, 0.1) is 0 Å². The van der Waals surface area contributed by atoms with E-state index in [1.165, 1.54) is 25.7 Å². The first-order valence-corrected chi connectivity index (χ1v) is 10.2. The Kier molecular flexibility index (Phi) is 8.95. The van der Waals surface area contributed by atoms with Crippen LogP contribution in [0.5, 0.6) is 5.75 Å². The van der Waals surface area contributed by atoms with Gasteiger partial charge in [-0.1, -0.05) is 25.0 Å². The number of nitrogens with two attached hydrogens (primary N) is 1. The summed E-state index contributed by atoms with van der Waals surface area (Å²) in [5.74, 6) is 1.51. The van der Waals surface area contributed by atoms with Crippen molar-refractivity contribution in [1.29, 1.82) is 0 Å². The van der Waals surface area contributed by atoms with Gasteiger partial charge in [-0.2, -0.15) is 0 Å². The van der Waals surface area contributed by atoms with Crippen LogP contribution in [0.15, 0.2) is 29.3 Å². The molecule has 0 radical (unpaired) electrons. The van der Waals surface area contributed by atoms with Gasteiger partial charge in [0, 0.05) is 26.1 Å². The summed E-state index contributed by atoms with van der Waals surface area (Å²) in [7, 11) is 0. The summed E-state index contributed by atoms with van der Waals surface area (Å²) in [4.78, 5) is 18.8. The van der Waals surface area contributed by atoms with Crippen molar-refractivity contribution in [3.05, 3.63) is 29.8 Å². The summed E-state index contributed by atoms with van der Waals surface area (Å²) in [5.41, 5.74) is 7.16. The van der Waals surface area contributed by atoms with E-state index in [4.69, 9.17) is 10.5 Å². The van der Waals surface area contributed by atoms with Crippen LogP contribution in [0.25, 0.3) is 0 Å². The quantitative estimate of drug-likeness (QED) is 0.416. The van der Waals surface area contributed by atoms with E-state index < -0.39 is 0 Å². The fraction of sp³-hybridized carbons (Fsp3) is 0.619. The van der Waals surface area contributed by atoms with Crippen molar-refractivity contribution in [2.24, 2.45) is 10.7 Å². The molecule has 1 aliphatic rings. The van der Waals surface area contributed by atoms with Crippen molar-refractivity contribution >= 4 is 11.9 Å². The number of aliphatic imine (C=N–C) groups is 1. The molecule has 0 spiro atoms. The molecular weight excluding hydrogens is 340 g/mol. The van der Waals surface area contributed by atoms with Crippen LogP contribution in [-0.4, -0.2) is 43.0 Å². The minimum Gasteiger partial charge on any atom is -0.494 e. The van der Waals surface area contributed by atoms with Gasteiger partial charge in [0.2, 0.25) is 5.91 Å². The minimum atomic E-state index is -0.0288. The second-order valence-electron chi connectivity index (χ2n) is 7.04. The summed E-state index contributed by atoms with van der Waals surface area (Å²) in [6, 6.07) is 7.81. The molecule has 1 amide bonds. The molecule has 1 aliphatic heterocycles. The van der Waals surface area contributed by atoms with E-state index in [0.717, 1.165) is 24.4 Å². The normalized spacial score (nSPS) is 16.5. The zero-order valence-electron chi connectivity index (χ0n) is 16.7. The highest BCUT2D eigenvalue weighted by molar-refractivity contribution is 5.78. The molecule has 1 atom stereocenters. The van der Waals surface area contributed by atoms with Gasteiger partial charge in [0.1, 0.15) is 5.75 Å². The Morgan fingerprint density at radius 2 is 1.89 bits per heavy atom. The largest absolute Gasteiger partial charge is 0.494 e. The van der Waals surface area contributed by atoms with Crippen molar-refractivity contribution in [3.63, 3.8) is 0 Å². The number of nitrogens with zero attached hydrogens (tertiary/aromatic N) is 2. The second-order valence-corrected chi connectivity index (χ2v) is 7.04. The molecule has 1 unspecified atom stereocenters. The maximum Gasteiger partial charge on any atom is 0.220 e. The molecule has 1 heterocycles. The highest BCUT2D eigenvalue weighted by atomic mass is 16.5. The number of amides is 1. The molecular formula is C21H34N4O2. The maximum absolute atomic E-state index is 12.2. The van der Waals surface area contributed by atoms with E-state index in [1.807, 2.05) is 38.1 Å². The number of guanidine groups is 1. The fourth-order valence-electron chi connectivity index (χ4n) is 3.25. The summed E-state index contributed by atoms with van der Waals surface area (Å²) < 4.78 is 5.44. The molecule has 1 aromatic rings. The van der Waals surface area contributed by atoms with E-state index in [9.17, 15) is 4.79 Å². The molecule has 1 saturated heterocycles. The number of benzene rings is 1. The molecule has 1 aromatic carbocycles. The smallest absolute Gasteiger partial charge is 0.220 e. The Balaban J connectivity index is 1.69. The second kappa shape index (κ2) is 11.5. The number of nitrogens with one attached hydrogen (secondary N) is 1. The maximum atomic E-state index is 12.2. The average molecular weight is 375 g/mol. The van der Waals surface area contributed by atoms with Gasteiger partial charge < -0.3 is 20.7 Å². The number of ether oxygens (including phenoxy) is 1. The third-order valence-corrected chi connectivity index (χ3v) is 4.83. The third-order valence-electron chi connectivity index (χ3n) is 4.83. The van der Waals surface area contributed by atoms with Gasteiger partial charge >= 0.3 is 0 Å². The van der Waals surface area contributed by atoms with E-state index in [2.05, 4.69) is 15.2 Å². The topological polar surface area (TPSA) is 79.9 Å². The molecule has 150 valence electrons. The van der Waals surface area contributed by atoms with Gasteiger partial charge in [-0.15, -0.1) is 0 Å². The first kappa shape index (κ1) is 21.1. The number of hydrogen-bond donors (Lipinski definition) is 2. The van der Waals surface area contributed by atoms with E-state index in [0.29, 0.717) is 32.0 Å². The monoisotopic (exact) mass is 374 g/mol. The summed E-state index contributed by atoms with van der Waals surface area (Å²) in [5, 5.41) is 3.04. The lowest BCUT2D eigenvalue weighted by molar-refractivity contribution is -0.121. The van der Waals surface area contributed by atoms with Gasteiger partial charge in [-0.05, 0) is 50.8 Å². The van der Waals surface area contributed by atoms with Crippen molar-refractivity contribution in [1.82, 2.24) is 10.2 Å². The predicted octanol–water partition coefficient (Wildman–Crippen LogP) is 3.23. The Bertz CT molecular complexity index is 593. The van der Waals surface area contributed by atoms with Crippen LogP contribution >= 0.6 is 0 Å². The number of rotatable bonds is 8. The van der Waals surface area contributed by atoms with Gasteiger partial charge in [0.15, 0.2) is 5.96 Å². The lowest BCUT2D eigenvalue weighted by Crippen LogP contribution is -2.38. The van der Waals surface area contributed by atoms with Gasteiger partial charge in [-0.3, -0.25) is 9.79 Å². The van der Waals surface area contributed by atoms with Crippen molar-refractivity contribution in [2.75, 3.05) is 26.2 Å². The highest BCUT2D eigenvalue weighted by Crippen LogP contribution is 2.17.